The van der Waals surface area contributed by atoms with Gasteiger partial charge in [0.05, 0.1) is 4.88 Å². The van der Waals surface area contributed by atoms with Crippen molar-refractivity contribution in [2.45, 2.75) is 25.3 Å². The number of rotatable bonds is 2. The smallest absolute Gasteiger partial charge is 0.261 e. The zero-order valence-electron chi connectivity index (χ0n) is 10.1. The highest BCUT2D eigenvalue weighted by molar-refractivity contribution is 7.27. The molecule has 1 atom stereocenters. The summed E-state index contributed by atoms with van der Waals surface area (Å²) < 4.78 is 2.42. The SMILES string of the molecule is O=C(NC1CCCCNC1)c1cc2sccc2s1. The molecule has 0 aliphatic carbocycles. The molecular formula is C13H16N2OS2. The van der Waals surface area contributed by atoms with Crippen LogP contribution in [0.2, 0.25) is 0 Å². The van der Waals surface area contributed by atoms with Crippen LogP contribution in [0.1, 0.15) is 28.9 Å². The normalized spacial score (nSPS) is 20.8. The van der Waals surface area contributed by atoms with E-state index in [1.807, 2.05) is 6.07 Å². The van der Waals surface area contributed by atoms with Gasteiger partial charge >= 0.3 is 0 Å². The molecule has 0 aromatic carbocycles. The molecule has 5 heteroatoms. The van der Waals surface area contributed by atoms with Gasteiger partial charge in [0.15, 0.2) is 0 Å². The number of fused-ring (bicyclic) bond motifs is 1. The van der Waals surface area contributed by atoms with E-state index in [0.29, 0.717) is 0 Å². The van der Waals surface area contributed by atoms with E-state index >= 15 is 0 Å². The maximum atomic E-state index is 12.2. The number of hydrogen-bond acceptors (Lipinski definition) is 4. The molecule has 1 aliphatic rings. The van der Waals surface area contributed by atoms with E-state index in [1.165, 1.54) is 22.2 Å². The molecule has 1 saturated heterocycles. The molecule has 3 nitrogen and oxygen atoms in total. The first-order valence-corrected chi connectivity index (χ1v) is 8.01. The van der Waals surface area contributed by atoms with Crippen molar-refractivity contribution < 1.29 is 4.79 Å². The summed E-state index contributed by atoms with van der Waals surface area (Å²) in [6.07, 6.45) is 3.48. The van der Waals surface area contributed by atoms with Crippen LogP contribution in [0.25, 0.3) is 9.40 Å². The molecular weight excluding hydrogens is 264 g/mol. The van der Waals surface area contributed by atoms with Gasteiger partial charge in [-0.2, -0.15) is 0 Å². The Labute approximate surface area is 114 Å². The Balaban J connectivity index is 1.68. The minimum Gasteiger partial charge on any atom is -0.347 e. The van der Waals surface area contributed by atoms with Crippen LogP contribution in [0.5, 0.6) is 0 Å². The molecule has 0 bridgehead atoms. The number of thiophene rings is 2. The number of carbonyl (C=O) groups excluding carboxylic acids is 1. The molecule has 3 rings (SSSR count). The Hall–Kier alpha value is -0.910. The molecule has 1 amide bonds. The summed E-state index contributed by atoms with van der Waals surface area (Å²) in [7, 11) is 0. The lowest BCUT2D eigenvalue weighted by Gasteiger charge is -2.15. The molecule has 2 aromatic rings. The van der Waals surface area contributed by atoms with E-state index in [-0.39, 0.29) is 11.9 Å². The molecule has 2 N–H and O–H groups in total. The highest BCUT2D eigenvalue weighted by Gasteiger charge is 2.17. The van der Waals surface area contributed by atoms with Crippen LogP contribution in [0.4, 0.5) is 0 Å². The topological polar surface area (TPSA) is 41.1 Å². The first-order chi connectivity index (χ1) is 8.83. The van der Waals surface area contributed by atoms with Crippen LogP contribution >= 0.6 is 22.7 Å². The number of carbonyl (C=O) groups is 1. The lowest BCUT2D eigenvalue weighted by Crippen LogP contribution is -2.40. The Morgan fingerprint density at radius 2 is 2.33 bits per heavy atom. The lowest BCUT2D eigenvalue weighted by atomic mass is 10.1. The first-order valence-electron chi connectivity index (χ1n) is 6.31. The predicted molar refractivity (Wildman–Crippen MR) is 77.7 cm³/mol. The predicted octanol–water partition coefficient (Wildman–Crippen LogP) is 2.83. The monoisotopic (exact) mass is 280 g/mol. The number of nitrogens with one attached hydrogen (secondary N) is 2. The van der Waals surface area contributed by atoms with Gasteiger partial charge in [-0.1, -0.05) is 6.42 Å². The average Bonchev–Trinajstić information content (AvgIpc) is 2.85. The summed E-state index contributed by atoms with van der Waals surface area (Å²) in [6, 6.07) is 4.36. The standard InChI is InChI=1S/C13H16N2OS2/c16-13(15-9-3-1-2-5-14-8-9)12-7-11-10(18-12)4-6-17-11/h4,6-7,9,14H,1-3,5,8H2,(H,15,16). The molecule has 0 radical (unpaired) electrons. The second-order valence-corrected chi connectivity index (χ2v) is 6.66. The first kappa shape index (κ1) is 12.1. The third kappa shape index (κ3) is 2.58. The largest absolute Gasteiger partial charge is 0.347 e. The van der Waals surface area contributed by atoms with E-state index in [1.54, 1.807) is 22.7 Å². The van der Waals surface area contributed by atoms with Crippen LogP contribution < -0.4 is 10.6 Å². The summed E-state index contributed by atoms with van der Waals surface area (Å²) in [5.41, 5.74) is 0. The summed E-state index contributed by atoms with van der Waals surface area (Å²) in [4.78, 5) is 13.0. The second-order valence-electron chi connectivity index (χ2n) is 4.63. The van der Waals surface area contributed by atoms with E-state index in [9.17, 15) is 4.79 Å². The van der Waals surface area contributed by atoms with E-state index in [4.69, 9.17) is 0 Å². The quantitative estimate of drug-likeness (QED) is 0.888. The minimum absolute atomic E-state index is 0.0806. The van der Waals surface area contributed by atoms with Gasteiger partial charge in [-0.15, -0.1) is 22.7 Å². The van der Waals surface area contributed by atoms with Gasteiger partial charge in [0.25, 0.3) is 5.91 Å². The molecule has 1 unspecified atom stereocenters. The Morgan fingerprint density at radius 1 is 1.39 bits per heavy atom. The lowest BCUT2D eigenvalue weighted by molar-refractivity contribution is 0.0939. The number of amides is 1. The van der Waals surface area contributed by atoms with Crippen LogP contribution in [0, 0.1) is 0 Å². The Bertz CT molecular complexity index is 509. The van der Waals surface area contributed by atoms with Crippen LogP contribution in [-0.2, 0) is 0 Å². The molecule has 0 saturated carbocycles. The van der Waals surface area contributed by atoms with E-state index in [2.05, 4.69) is 22.1 Å². The fourth-order valence-electron chi connectivity index (χ4n) is 2.28. The van der Waals surface area contributed by atoms with Crippen molar-refractivity contribution in [1.82, 2.24) is 10.6 Å². The molecule has 0 spiro atoms. The van der Waals surface area contributed by atoms with Crippen molar-refractivity contribution in [1.29, 1.82) is 0 Å². The van der Waals surface area contributed by atoms with Crippen molar-refractivity contribution in [2.75, 3.05) is 13.1 Å². The fraction of sp³-hybridized carbons (Fsp3) is 0.462. The van der Waals surface area contributed by atoms with Gasteiger partial charge in [0, 0.05) is 22.0 Å². The molecule has 96 valence electrons. The van der Waals surface area contributed by atoms with Gasteiger partial charge in [-0.25, -0.2) is 0 Å². The minimum atomic E-state index is 0.0806. The van der Waals surface area contributed by atoms with Crippen molar-refractivity contribution in [2.24, 2.45) is 0 Å². The fourth-order valence-corrected chi connectivity index (χ4v) is 4.29. The van der Waals surface area contributed by atoms with Crippen molar-refractivity contribution in [3.63, 3.8) is 0 Å². The van der Waals surface area contributed by atoms with Crippen molar-refractivity contribution in [3.8, 4) is 0 Å². The van der Waals surface area contributed by atoms with Crippen molar-refractivity contribution in [3.05, 3.63) is 22.4 Å². The number of hydrogen-bond donors (Lipinski definition) is 2. The average molecular weight is 280 g/mol. The Morgan fingerprint density at radius 3 is 3.22 bits per heavy atom. The highest BCUT2D eigenvalue weighted by Crippen LogP contribution is 2.29. The molecule has 3 heterocycles. The molecule has 1 aliphatic heterocycles. The zero-order valence-corrected chi connectivity index (χ0v) is 11.7. The van der Waals surface area contributed by atoms with Gasteiger partial charge in [0.2, 0.25) is 0 Å². The summed E-state index contributed by atoms with van der Waals surface area (Å²) in [5, 5.41) is 8.57. The summed E-state index contributed by atoms with van der Waals surface area (Å²) >= 11 is 3.28. The van der Waals surface area contributed by atoms with Gasteiger partial charge in [0.1, 0.15) is 0 Å². The van der Waals surface area contributed by atoms with E-state index < -0.39 is 0 Å². The van der Waals surface area contributed by atoms with Crippen LogP contribution in [-0.4, -0.2) is 25.0 Å². The highest BCUT2D eigenvalue weighted by atomic mass is 32.1. The summed E-state index contributed by atoms with van der Waals surface area (Å²) in [5.74, 6) is 0.0806. The molecule has 1 fully saturated rings. The zero-order chi connectivity index (χ0) is 12.4. The summed E-state index contributed by atoms with van der Waals surface area (Å²) in [6.45, 7) is 1.96. The molecule has 18 heavy (non-hydrogen) atoms. The van der Waals surface area contributed by atoms with Gasteiger partial charge in [-0.05, 0) is 36.9 Å². The van der Waals surface area contributed by atoms with Gasteiger partial charge < -0.3 is 10.6 Å². The van der Waals surface area contributed by atoms with Crippen LogP contribution in [0.3, 0.4) is 0 Å². The third-order valence-corrected chi connectivity index (χ3v) is 5.34. The third-order valence-electron chi connectivity index (χ3n) is 3.25. The Kier molecular flexibility index (Phi) is 3.63. The van der Waals surface area contributed by atoms with Gasteiger partial charge in [-0.3, -0.25) is 4.79 Å². The van der Waals surface area contributed by atoms with Crippen LogP contribution in [0.15, 0.2) is 17.5 Å². The van der Waals surface area contributed by atoms with Crippen molar-refractivity contribution >= 4 is 38.0 Å². The molecule has 2 aromatic heterocycles. The maximum Gasteiger partial charge on any atom is 0.261 e. The maximum absolute atomic E-state index is 12.2. The second kappa shape index (κ2) is 5.38. The van der Waals surface area contributed by atoms with E-state index in [0.717, 1.165) is 24.4 Å².